The number of aliphatic hydroxyl groups excluding tert-OH is 2. The maximum Gasteiger partial charge on any atom is 0.321 e. The fourth-order valence-corrected chi connectivity index (χ4v) is 3.47. The van der Waals surface area contributed by atoms with Crippen molar-refractivity contribution in [2.45, 2.75) is 12.5 Å². The van der Waals surface area contributed by atoms with Crippen LogP contribution in [0.5, 0.6) is 0 Å². The second-order valence-electron chi connectivity index (χ2n) is 6.15. The summed E-state index contributed by atoms with van der Waals surface area (Å²) in [5.74, 6) is -0.457. The van der Waals surface area contributed by atoms with Gasteiger partial charge in [-0.2, -0.15) is 0 Å². The first kappa shape index (κ1) is 20.0. The molecule has 0 bridgehead atoms. The molecule has 0 aliphatic rings. The first-order valence-corrected chi connectivity index (χ1v) is 9.58. The van der Waals surface area contributed by atoms with E-state index in [-0.39, 0.29) is 19.1 Å². The third kappa shape index (κ3) is 5.38. The normalized spacial score (nSPS) is 12.0. The number of aliphatic hydroxyl groups is 2. The van der Waals surface area contributed by atoms with Gasteiger partial charge < -0.3 is 20.8 Å². The third-order valence-electron chi connectivity index (χ3n) is 3.96. The Bertz CT molecular complexity index is 917. The number of amides is 2. The first-order valence-electron chi connectivity index (χ1n) is 8.77. The zero-order valence-corrected chi connectivity index (χ0v) is 15.8. The van der Waals surface area contributed by atoms with Gasteiger partial charge in [-0.05, 0) is 29.8 Å². The molecule has 1 heterocycles. The Labute approximate surface area is 165 Å². The quantitative estimate of drug-likeness (QED) is 0.371. The van der Waals surface area contributed by atoms with Crippen molar-refractivity contribution in [2.24, 2.45) is 0 Å². The Morgan fingerprint density at radius 3 is 2.79 bits per heavy atom. The molecule has 0 saturated carbocycles. The molecular weight excluding hydrogens is 383 g/mol. The maximum atomic E-state index is 14.1. The zero-order valence-electron chi connectivity index (χ0n) is 15.0. The van der Waals surface area contributed by atoms with Crippen LogP contribution < -0.4 is 16.0 Å². The summed E-state index contributed by atoms with van der Waals surface area (Å²) in [6, 6.07) is 11.8. The highest BCUT2D eigenvalue weighted by Crippen LogP contribution is 2.25. The summed E-state index contributed by atoms with van der Waals surface area (Å²) < 4.78 is 15.1. The molecule has 0 spiro atoms. The minimum absolute atomic E-state index is 0.182. The molecule has 3 rings (SSSR count). The molecule has 0 saturated heterocycles. The average molecular weight is 404 g/mol. The van der Waals surface area contributed by atoms with E-state index in [9.17, 15) is 14.3 Å². The molecular formula is C19H21FN4O3S. The lowest BCUT2D eigenvalue weighted by Gasteiger charge is -2.11. The van der Waals surface area contributed by atoms with E-state index in [1.165, 1.54) is 17.4 Å². The van der Waals surface area contributed by atoms with Gasteiger partial charge >= 0.3 is 6.03 Å². The SMILES string of the molecule is O=C(NCCNc1ccc(C[C@@H](O)CO)cc1F)Nc1nc2ccccc2s1. The molecule has 0 aliphatic carbocycles. The van der Waals surface area contributed by atoms with Gasteiger partial charge in [-0.1, -0.05) is 29.5 Å². The number of benzene rings is 2. The van der Waals surface area contributed by atoms with Crippen LogP contribution in [0.15, 0.2) is 42.5 Å². The number of thiazole rings is 1. The standard InChI is InChI=1S/C19H21FN4O3S/c20-14-10-12(9-13(26)11-25)5-6-15(14)21-7-8-22-18(27)24-19-23-16-3-1-2-4-17(16)28-19/h1-6,10,13,21,25-26H,7-9,11H2,(H2,22,23,24,27)/t13-/m1/s1. The number of anilines is 2. The van der Waals surface area contributed by atoms with Crippen molar-refractivity contribution in [3.63, 3.8) is 0 Å². The van der Waals surface area contributed by atoms with Gasteiger partial charge in [0.05, 0.1) is 28.6 Å². The number of hydrogen-bond donors (Lipinski definition) is 5. The molecule has 148 valence electrons. The van der Waals surface area contributed by atoms with Crippen LogP contribution in [0.3, 0.4) is 0 Å². The van der Waals surface area contributed by atoms with E-state index in [0.717, 1.165) is 10.2 Å². The van der Waals surface area contributed by atoms with Gasteiger partial charge in [0, 0.05) is 19.5 Å². The zero-order chi connectivity index (χ0) is 19.9. The minimum atomic E-state index is -0.906. The molecule has 0 aliphatic heterocycles. The fraction of sp³-hybridized carbons (Fsp3) is 0.263. The van der Waals surface area contributed by atoms with Crippen LogP contribution in [0.1, 0.15) is 5.56 Å². The van der Waals surface area contributed by atoms with Crippen LogP contribution in [-0.2, 0) is 6.42 Å². The molecule has 1 atom stereocenters. The van der Waals surface area contributed by atoms with Gasteiger partial charge in [-0.25, -0.2) is 14.2 Å². The van der Waals surface area contributed by atoms with Crippen molar-refractivity contribution < 1.29 is 19.4 Å². The number of fused-ring (bicyclic) bond motifs is 1. The van der Waals surface area contributed by atoms with Gasteiger partial charge in [0.1, 0.15) is 5.82 Å². The van der Waals surface area contributed by atoms with Crippen molar-refractivity contribution in [3.05, 3.63) is 53.8 Å². The molecule has 9 heteroatoms. The predicted molar refractivity (Wildman–Crippen MR) is 108 cm³/mol. The Morgan fingerprint density at radius 1 is 1.21 bits per heavy atom. The van der Waals surface area contributed by atoms with E-state index >= 15 is 0 Å². The number of aromatic nitrogens is 1. The minimum Gasteiger partial charge on any atom is -0.394 e. The number of rotatable bonds is 8. The van der Waals surface area contributed by atoms with Gasteiger partial charge in [0.15, 0.2) is 5.13 Å². The Kier molecular flexibility index (Phi) is 6.75. The lowest BCUT2D eigenvalue weighted by atomic mass is 10.1. The van der Waals surface area contributed by atoms with Crippen molar-refractivity contribution in [2.75, 3.05) is 30.3 Å². The molecule has 1 aromatic heterocycles. The van der Waals surface area contributed by atoms with Crippen LogP contribution in [-0.4, -0.2) is 47.0 Å². The van der Waals surface area contributed by atoms with Gasteiger partial charge in [0.25, 0.3) is 0 Å². The monoisotopic (exact) mass is 404 g/mol. The molecule has 0 radical (unpaired) electrons. The first-order chi connectivity index (χ1) is 13.5. The smallest absolute Gasteiger partial charge is 0.321 e. The van der Waals surface area contributed by atoms with Crippen LogP contribution in [0.2, 0.25) is 0 Å². The van der Waals surface area contributed by atoms with Crippen LogP contribution in [0, 0.1) is 5.82 Å². The van der Waals surface area contributed by atoms with E-state index in [0.29, 0.717) is 29.5 Å². The highest BCUT2D eigenvalue weighted by Gasteiger charge is 2.09. The Morgan fingerprint density at radius 2 is 2.04 bits per heavy atom. The predicted octanol–water partition coefficient (Wildman–Crippen LogP) is 2.56. The molecule has 3 aromatic rings. The van der Waals surface area contributed by atoms with Crippen LogP contribution >= 0.6 is 11.3 Å². The highest BCUT2D eigenvalue weighted by molar-refractivity contribution is 7.22. The van der Waals surface area contributed by atoms with Crippen LogP contribution in [0.25, 0.3) is 10.2 Å². The van der Waals surface area contributed by atoms with E-state index in [2.05, 4.69) is 20.9 Å². The second kappa shape index (κ2) is 9.45. The van der Waals surface area contributed by atoms with Crippen LogP contribution in [0.4, 0.5) is 20.0 Å². The largest absolute Gasteiger partial charge is 0.394 e. The number of carbonyl (C=O) groups is 1. The molecule has 5 N–H and O–H groups in total. The van der Waals surface area contributed by atoms with E-state index in [4.69, 9.17) is 5.11 Å². The topological polar surface area (TPSA) is 107 Å². The van der Waals surface area contributed by atoms with Crippen molar-refractivity contribution in [3.8, 4) is 0 Å². The lowest BCUT2D eigenvalue weighted by Crippen LogP contribution is -2.32. The highest BCUT2D eigenvalue weighted by atomic mass is 32.1. The summed E-state index contributed by atoms with van der Waals surface area (Å²) in [6.07, 6.45) is -0.724. The second-order valence-corrected chi connectivity index (χ2v) is 7.18. The van der Waals surface area contributed by atoms with E-state index in [1.807, 2.05) is 24.3 Å². The van der Waals surface area contributed by atoms with E-state index in [1.54, 1.807) is 12.1 Å². The molecule has 7 nitrogen and oxygen atoms in total. The number of urea groups is 1. The number of nitrogens with zero attached hydrogens (tertiary/aromatic N) is 1. The van der Waals surface area contributed by atoms with Crippen molar-refractivity contribution in [1.82, 2.24) is 10.3 Å². The molecule has 2 aromatic carbocycles. The summed E-state index contributed by atoms with van der Waals surface area (Å²) in [5.41, 5.74) is 1.73. The summed E-state index contributed by atoms with van der Waals surface area (Å²) in [7, 11) is 0. The summed E-state index contributed by atoms with van der Waals surface area (Å²) in [4.78, 5) is 16.3. The van der Waals surface area contributed by atoms with E-state index < -0.39 is 11.9 Å². The lowest BCUT2D eigenvalue weighted by molar-refractivity contribution is 0.0954. The van der Waals surface area contributed by atoms with Gasteiger partial charge in [0.2, 0.25) is 0 Å². The number of para-hydroxylation sites is 1. The van der Waals surface area contributed by atoms with Crippen molar-refractivity contribution in [1.29, 1.82) is 0 Å². The number of halogens is 1. The van der Waals surface area contributed by atoms with Gasteiger partial charge in [-0.15, -0.1) is 0 Å². The number of hydrogen-bond acceptors (Lipinski definition) is 6. The average Bonchev–Trinajstić information content (AvgIpc) is 3.08. The summed E-state index contributed by atoms with van der Waals surface area (Å²) in [5, 5.41) is 27.0. The third-order valence-corrected chi connectivity index (χ3v) is 4.91. The number of nitrogens with one attached hydrogen (secondary N) is 3. The summed E-state index contributed by atoms with van der Waals surface area (Å²) in [6.45, 7) is 0.260. The van der Waals surface area contributed by atoms with Crippen molar-refractivity contribution >= 4 is 38.4 Å². The fourth-order valence-electron chi connectivity index (χ4n) is 2.61. The summed E-state index contributed by atoms with van der Waals surface area (Å²) >= 11 is 1.39. The molecule has 0 unspecified atom stereocenters. The Balaban J connectivity index is 1.43. The number of carbonyl (C=O) groups excluding carboxylic acids is 1. The Hall–Kier alpha value is -2.75. The van der Waals surface area contributed by atoms with Gasteiger partial charge in [-0.3, -0.25) is 5.32 Å². The molecule has 0 fully saturated rings. The molecule has 28 heavy (non-hydrogen) atoms. The molecule has 2 amide bonds. The maximum absolute atomic E-state index is 14.1.